The van der Waals surface area contributed by atoms with Gasteiger partial charge in [-0.15, -0.1) is 0 Å². The molecule has 3 aliphatic rings. The molecule has 0 aliphatic heterocycles. The zero-order valence-electron chi connectivity index (χ0n) is 11.0. The molecular formula is C13H18O4S2. The molecule has 0 N–H and O–H groups in total. The second kappa shape index (κ2) is 5.99. The highest BCUT2D eigenvalue weighted by Crippen LogP contribution is 2.57. The molecule has 2 bridgehead atoms. The zero-order valence-corrected chi connectivity index (χ0v) is 12.7. The average Bonchev–Trinajstić information content (AvgIpc) is 3.04. The molecule has 0 aromatic carbocycles. The Kier molecular flexibility index (Phi) is 4.76. The minimum Gasteiger partial charge on any atom is -0.378 e. The lowest BCUT2D eigenvalue weighted by Gasteiger charge is -2.35. The quantitative estimate of drug-likeness (QED) is 0.720. The minimum absolute atomic E-state index is 0.00366. The van der Waals surface area contributed by atoms with Crippen molar-refractivity contribution in [1.29, 1.82) is 0 Å². The van der Waals surface area contributed by atoms with Gasteiger partial charge in [0.2, 0.25) is 0 Å². The maximum absolute atomic E-state index is 11.9. The second-order valence-electron chi connectivity index (χ2n) is 5.34. The smallest absolute Gasteiger partial charge is 0.144 e. The predicted molar refractivity (Wildman–Crippen MR) is 74.1 cm³/mol. The van der Waals surface area contributed by atoms with Crippen molar-refractivity contribution in [1.82, 2.24) is 0 Å². The molecule has 0 heterocycles. The summed E-state index contributed by atoms with van der Waals surface area (Å²) >= 11 is 7.33. The van der Waals surface area contributed by atoms with Gasteiger partial charge in [-0.3, -0.25) is 9.59 Å². The molecule has 4 nitrogen and oxygen atoms in total. The maximum atomic E-state index is 11.9. The van der Waals surface area contributed by atoms with Crippen LogP contribution in [0.15, 0.2) is 0 Å². The molecular weight excluding hydrogens is 284 g/mol. The van der Waals surface area contributed by atoms with Crippen molar-refractivity contribution in [3.8, 4) is 0 Å². The summed E-state index contributed by atoms with van der Waals surface area (Å²) in [5, 5.41) is 0. The Morgan fingerprint density at radius 1 is 1.11 bits per heavy atom. The highest BCUT2D eigenvalue weighted by Gasteiger charge is 2.65. The molecule has 6 unspecified atom stereocenters. The molecule has 0 spiro atoms. The lowest BCUT2D eigenvalue weighted by molar-refractivity contribution is -0.137. The Labute approximate surface area is 122 Å². The number of carbonyl (C=O) groups is 2. The van der Waals surface area contributed by atoms with Gasteiger partial charge in [-0.05, 0) is 25.2 Å². The first-order chi connectivity index (χ1) is 9.19. The number of fused-ring (bicyclic) bond motifs is 5. The van der Waals surface area contributed by atoms with E-state index < -0.39 is 0 Å². The number of methoxy groups -OCH3 is 1. The Morgan fingerprint density at radius 2 is 1.63 bits per heavy atom. The summed E-state index contributed by atoms with van der Waals surface area (Å²) in [6.45, 7) is 2.59. The topological polar surface area (TPSA) is 52.6 Å². The second-order valence-corrected chi connectivity index (χ2v) is 5.34. The fourth-order valence-corrected chi connectivity index (χ4v) is 4.31. The highest BCUT2D eigenvalue weighted by molar-refractivity contribution is 8.07. The SMILES string of the molecule is CCOC1C2CC(C1OC)C1C(=O)CC(=O)C21.S=S. The molecule has 3 rings (SSSR count). The lowest BCUT2D eigenvalue weighted by atomic mass is 9.78. The van der Waals surface area contributed by atoms with Gasteiger partial charge in [0.05, 0.1) is 18.6 Å². The first kappa shape index (κ1) is 15.1. The molecule has 3 aliphatic carbocycles. The molecule has 6 atom stereocenters. The Hall–Kier alpha value is -0.300. The van der Waals surface area contributed by atoms with Crippen molar-refractivity contribution >= 4 is 33.9 Å². The van der Waals surface area contributed by atoms with Crippen LogP contribution in [0.3, 0.4) is 0 Å². The van der Waals surface area contributed by atoms with E-state index in [2.05, 4.69) is 22.4 Å². The molecule has 106 valence electrons. The summed E-state index contributed by atoms with van der Waals surface area (Å²) in [5.41, 5.74) is 0. The first-order valence-corrected chi connectivity index (χ1v) is 7.88. The van der Waals surface area contributed by atoms with E-state index in [1.165, 1.54) is 0 Å². The van der Waals surface area contributed by atoms with Crippen molar-refractivity contribution in [2.75, 3.05) is 13.7 Å². The summed E-state index contributed by atoms with van der Waals surface area (Å²) < 4.78 is 11.3. The van der Waals surface area contributed by atoms with Crippen LogP contribution in [0.25, 0.3) is 0 Å². The Morgan fingerprint density at radius 3 is 2.11 bits per heavy atom. The van der Waals surface area contributed by atoms with Gasteiger partial charge >= 0.3 is 0 Å². The normalized spacial score (nSPS) is 43.1. The number of ketones is 2. The largest absolute Gasteiger partial charge is 0.378 e. The molecule has 0 radical (unpaired) electrons. The summed E-state index contributed by atoms with van der Waals surface area (Å²) in [7, 11) is 1.67. The lowest BCUT2D eigenvalue weighted by Crippen LogP contribution is -2.45. The van der Waals surface area contributed by atoms with Crippen LogP contribution < -0.4 is 0 Å². The summed E-state index contributed by atoms with van der Waals surface area (Å²) in [6.07, 6.45) is 1.05. The van der Waals surface area contributed by atoms with Crippen LogP contribution in [0, 0.1) is 23.7 Å². The minimum atomic E-state index is -0.0749. The van der Waals surface area contributed by atoms with Gasteiger partial charge in [-0.25, -0.2) is 0 Å². The monoisotopic (exact) mass is 302 g/mol. The Balaban J connectivity index is 0.000000637. The van der Waals surface area contributed by atoms with Crippen LogP contribution in [0.5, 0.6) is 0 Å². The van der Waals surface area contributed by atoms with Crippen LogP contribution in [0.4, 0.5) is 0 Å². The van der Waals surface area contributed by atoms with E-state index in [1.807, 2.05) is 6.92 Å². The van der Waals surface area contributed by atoms with Gasteiger partial charge in [-0.1, -0.05) is 0 Å². The fraction of sp³-hybridized carbons (Fsp3) is 0.846. The average molecular weight is 302 g/mol. The van der Waals surface area contributed by atoms with E-state index in [-0.39, 0.29) is 53.9 Å². The van der Waals surface area contributed by atoms with Crippen LogP contribution in [0.1, 0.15) is 19.8 Å². The van der Waals surface area contributed by atoms with Crippen LogP contribution >= 0.6 is 0 Å². The number of ether oxygens (including phenoxy) is 2. The molecule has 6 heteroatoms. The maximum Gasteiger partial charge on any atom is 0.144 e. The van der Waals surface area contributed by atoms with Gasteiger partial charge in [0, 0.05) is 47.9 Å². The molecule has 0 saturated heterocycles. The standard InChI is InChI=1S/C13H18O4.S2/c1-3-17-13-7-4-6(12(13)16-2)10-8(14)5-9(15)11(7)10;1-2/h6-7,10-13H,3-5H2,1-2H3;. The predicted octanol–water partition coefficient (Wildman–Crippen LogP) is 0.826. The number of Topliss-reactive ketones (excluding diaryl/α,β-unsaturated/α-hetero) is 2. The third kappa shape index (κ3) is 2.18. The van der Waals surface area contributed by atoms with E-state index in [0.29, 0.717) is 6.61 Å². The number of rotatable bonds is 3. The fourth-order valence-electron chi connectivity index (χ4n) is 4.31. The Bertz CT molecular complexity index is 387. The molecule has 0 amide bonds. The summed E-state index contributed by atoms with van der Waals surface area (Å²) in [4.78, 5) is 23.7. The van der Waals surface area contributed by atoms with E-state index in [0.717, 1.165) is 6.42 Å². The third-order valence-electron chi connectivity index (χ3n) is 4.74. The van der Waals surface area contributed by atoms with Gasteiger partial charge in [0.25, 0.3) is 0 Å². The summed E-state index contributed by atoms with van der Waals surface area (Å²) in [6, 6.07) is 0. The van der Waals surface area contributed by atoms with Crippen molar-refractivity contribution in [2.45, 2.75) is 32.0 Å². The van der Waals surface area contributed by atoms with Gasteiger partial charge in [0.1, 0.15) is 11.6 Å². The molecule has 3 saturated carbocycles. The van der Waals surface area contributed by atoms with Gasteiger partial charge < -0.3 is 9.47 Å². The highest BCUT2D eigenvalue weighted by atomic mass is 32.8. The zero-order chi connectivity index (χ0) is 14.2. The number of carbonyl (C=O) groups excluding carboxylic acids is 2. The number of hydrogen-bond acceptors (Lipinski definition) is 6. The van der Waals surface area contributed by atoms with Gasteiger partial charge in [-0.2, -0.15) is 0 Å². The van der Waals surface area contributed by atoms with Crippen LogP contribution in [0.2, 0.25) is 0 Å². The van der Waals surface area contributed by atoms with E-state index in [4.69, 9.17) is 9.47 Å². The van der Waals surface area contributed by atoms with Crippen LogP contribution in [-0.2, 0) is 41.4 Å². The van der Waals surface area contributed by atoms with Gasteiger partial charge in [0.15, 0.2) is 0 Å². The molecule has 0 aromatic heterocycles. The van der Waals surface area contributed by atoms with Crippen molar-refractivity contribution < 1.29 is 19.1 Å². The molecule has 3 fully saturated rings. The van der Waals surface area contributed by atoms with Crippen molar-refractivity contribution in [3.63, 3.8) is 0 Å². The first-order valence-electron chi connectivity index (χ1n) is 6.55. The van der Waals surface area contributed by atoms with Crippen molar-refractivity contribution in [3.05, 3.63) is 0 Å². The number of hydrogen-bond donors (Lipinski definition) is 0. The summed E-state index contributed by atoms with van der Waals surface area (Å²) in [5.74, 6) is 0.514. The molecule has 0 aromatic rings. The third-order valence-corrected chi connectivity index (χ3v) is 4.74. The van der Waals surface area contributed by atoms with Crippen molar-refractivity contribution in [2.24, 2.45) is 23.7 Å². The van der Waals surface area contributed by atoms with E-state index >= 15 is 0 Å². The van der Waals surface area contributed by atoms with Crippen LogP contribution in [-0.4, -0.2) is 37.5 Å². The molecule has 19 heavy (non-hydrogen) atoms. The van der Waals surface area contributed by atoms with E-state index in [1.54, 1.807) is 7.11 Å². The van der Waals surface area contributed by atoms with E-state index in [9.17, 15) is 9.59 Å².